The highest BCUT2D eigenvalue weighted by Gasteiger charge is 2.45. The molecule has 2 N–H and O–H groups in total. The largest absolute Gasteiger partial charge is 0.352 e. The molecule has 0 spiro atoms. The fourth-order valence-electron chi connectivity index (χ4n) is 4.54. The summed E-state index contributed by atoms with van der Waals surface area (Å²) in [5, 5.41) is 5.94. The Morgan fingerprint density at radius 2 is 1.86 bits per heavy atom. The average molecular weight is 514 g/mol. The van der Waals surface area contributed by atoms with Gasteiger partial charge in [0.15, 0.2) is 0 Å². The minimum Gasteiger partial charge on any atom is -0.352 e. The number of amides is 2. The first-order chi connectivity index (χ1) is 16.7. The van der Waals surface area contributed by atoms with Gasteiger partial charge < -0.3 is 10.6 Å². The molecule has 2 heterocycles. The van der Waals surface area contributed by atoms with Crippen molar-refractivity contribution < 1.29 is 18.0 Å². The number of carbonyl (C=O) groups excluding carboxylic acids is 2. The van der Waals surface area contributed by atoms with Crippen molar-refractivity contribution in [3.8, 4) is 0 Å². The number of thioether (sulfide) groups is 1. The Balaban J connectivity index is 1.31. The van der Waals surface area contributed by atoms with Gasteiger partial charge in [-0.15, -0.1) is 11.8 Å². The lowest BCUT2D eigenvalue weighted by atomic mass is 10.0. The van der Waals surface area contributed by atoms with Crippen LogP contribution >= 0.6 is 11.8 Å². The molecular weight excluding hydrogens is 482 g/mol. The second-order valence-corrected chi connectivity index (χ2v) is 12.5. The predicted octanol–water partition coefficient (Wildman–Crippen LogP) is 3.03. The third-order valence-corrected chi connectivity index (χ3v) is 10.1. The van der Waals surface area contributed by atoms with Gasteiger partial charge in [-0.1, -0.05) is 24.8 Å². The SMILES string of the molecule is C=CC(=O)NC1CC2CN(S(=O)(=O)c3ccc(C(=O)NCCc4ccc(C)c(C)c4)cc3)CC2S1. The van der Waals surface area contributed by atoms with Gasteiger partial charge in [-0.2, -0.15) is 4.31 Å². The molecule has 9 heteroatoms. The van der Waals surface area contributed by atoms with Gasteiger partial charge in [0.05, 0.1) is 10.3 Å². The molecule has 3 atom stereocenters. The van der Waals surface area contributed by atoms with Gasteiger partial charge in [-0.05, 0) is 79.6 Å². The normalized spacial score (nSPS) is 21.9. The number of benzene rings is 2. The minimum atomic E-state index is -3.64. The monoisotopic (exact) mass is 513 g/mol. The molecule has 2 aliphatic rings. The molecule has 4 rings (SSSR count). The van der Waals surface area contributed by atoms with E-state index in [1.54, 1.807) is 23.9 Å². The highest BCUT2D eigenvalue weighted by atomic mass is 32.2. The number of rotatable bonds is 8. The summed E-state index contributed by atoms with van der Waals surface area (Å²) >= 11 is 1.61. The highest BCUT2D eigenvalue weighted by molar-refractivity contribution is 8.00. The third kappa shape index (κ3) is 5.79. The number of carbonyl (C=O) groups is 2. The molecule has 7 nitrogen and oxygen atoms in total. The second-order valence-electron chi connectivity index (χ2n) is 9.14. The second kappa shape index (κ2) is 10.6. The molecule has 0 saturated carbocycles. The molecule has 0 aromatic heterocycles. The molecule has 2 aromatic rings. The van der Waals surface area contributed by atoms with Crippen LogP contribution in [0, 0.1) is 19.8 Å². The summed E-state index contributed by atoms with van der Waals surface area (Å²) in [4.78, 5) is 24.3. The van der Waals surface area contributed by atoms with Crippen LogP contribution in [0.2, 0.25) is 0 Å². The van der Waals surface area contributed by atoms with Gasteiger partial charge in [0.1, 0.15) is 0 Å². The van der Waals surface area contributed by atoms with Gasteiger partial charge in [0.2, 0.25) is 15.9 Å². The molecule has 186 valence electrons. The van der Waals surface area contributed by atoms with Gasteiger partial charge in [0, 0.05) is 30.4 Å². The molecule has 3 unspecified atom stereocenters. The lowest BCUT2D eigenvalue weighted by Crippen LogP contribution is -2.33. The van der Waals surface area contributed by atoms with Crippen molar-refractivity contribution >= 4 is 33.6 Å². The molecule has 2 amide bonds. The van der Waals surface area contributed by atoms with Crippen LogP contribution in [0.15, 0.2) is 60.0 Å². The summed E-state index contributed by atoms with van der Waals surface area (Å²) < 4.78 is 27.8. The molecule has 0 bridgehead atoms. The molecule has 2 aromatic carbocycles. The summed E-state index contributed by atoms with van der Waals surface area (Å²) in [7, 11) is -3.64. The first-order valence-electron chi connectivity index (χ1n) is 11.7. The Labute approximate surface area is 211 Å². The zero-order valence-electron chi connectivity index (χ0n) is 20.0. The fraction of sp³-hybridized carbons (Fsp3) is 0.385. The van der Waals surface area contributed by atoms with E-state index in [-0.39, 0.29) is 33.3 Å². The van der Waals surface area contributed by atoms with Crippen LogP contribution in [-0.2, 0) is 21.2 Å². The lowest BCUT2D eigenvalue weighted by molar-refractivity contribution is -0.116. The Hall–Kier alpha value is -2.62. The first-order valence-corrected chi connectivity index (χ1v) is 14.1. The average Bonchev–Trinajstić information content (AvgIpc) is 3.40. The zero-order valence-corrected chi connectivity index (χ0v) is 21.6. The van der Waals surface area contributed by atoms with Crippen LogP contribution in [0.4, 0.5) is 0 Å². The topological polar surface area (TPSA) is 95.6 Å². The van der Waals surface area contributed by atoms with Crippen molar-refractivity contribution in [1.82, 2.24) is 14.9 Å². The van der Waals surface area contributed by atoms with E-state index in [0.29, 0.717) is 25.2 Å². The Morgan fingerprint density at radius 3 is 2.51 bits per heavy atom. The van der Waals surface area contributed by atoms with Crippen molar-refractivity contribution in [3.05, 3.63) is 77.4 Å². The Bertz CT molecular complexity index is 1210. The van der Waals surface area contributed by atoms with Crippen molar-refractivity contribution in [3.63, 3.8) is 0 Å². The van der Waals surface area contributed by atoms with Crippen LogP contribution in [0.3, 0.4) is 0 Å². The molecule has 35 heavy (non-hydrogen) atoms. The van der Waals surface area contributed by atoms with E-state index in [0.717, 1.165) is 18.4 Å². The van der Waals surface area contributed by atoms with E-state index < -0.39 is 10.0 Å². The number of nitrogens with zero attached hydrogens (tertiary/aromatic N) is 1. The molecular formula is C26H31N3O4S2. The summed E-state index contributed by atoms with van der Waals surface area (Å²) in [6.45, 7) is 8.96. The van der Waals surface area contributed by atoms with Crippen molar-refractivity contribution in [2.24, 2.45) is 5.92 Å². The van der Waals surface area contributed by atoms with E-state index in [4.69, 9.17) is 0 Å². The lowest BCUT2D eigenvalue weighted by Gasteiger charge is -2.19. The van der Waals surface area contributed by atoms with Crippen LogP contribution < -0.4 is 10.6 Å². The minimum absolute atomic E-state index is 0.00631. The maximum atomic E-state index is 13.2. The van der Waals surface area contributed by atoms with Crippen molar-refractivity contribution in [2.75, 3.05) is 19.6 Å². The van der Waals surface area contributed by atoms with E-state index in [1.807, 2.05) is 0 Å². The van der Waals surface area contributed by atoms with E-state index in [9.17, 15) is 18.0 Å². The third-order valence-electron chi connectivity index (χ3n) is 6.72. The quantitative estimate of drug-likeness (QED) is 0.529. The summed E-state index contributed by atoms with van der Waals surface area (Å²) in [5.41, 5.74) is 4.06. The number of sulfonamides is 1. The van der Waals surface area contributed by atoms with E-state index in [2.05, 4.69) is 49.3 Å². The summed E-state index contributed by atoms with van der Waals surface area (Å²) in [6, 6.07) is 12.4. The van der Waals surface area contributed by atoms with Gasteiger partial charge in [-0.25, -0.2) is 8.42 Å². The Kier molecular flexibility index (Phi) is 7.68. The van der Waals surface area contributed by atoms with Crippen molar-refractivity contribution in [1.29, 1.82) is 0 Å². The van der Waals surface area contributed by atoms with Crippen LogP contribution in [-0.4, -0.2) is 54.8 Å². The molecule has 0 aliphatic carbocycles. The molecule has 0 radical (unpaired) electrons. The van der Waals surface area contributed by atoms with E-state index in [1.165, 1.54) is 33.6 Å². The number of fused-ring (bicyclic) bond motifs is 1. The Morgan fingerprint density at radius 1 is 1.11 bits per heavy atom. The smallest absolute Gasteiger partial charge is 0.251 e. The number of hydrogen-bond acceptors (Lipinski definition) is 5. The van der Waals surface area contributed by atoms with Gasteiger partial charge >= 0.3 is 0 Å². The van der Waals surface area contributed by atoms with Gasteiger partial charge in [0.25, 0.3) is 5.91 Å². The molecule has 2 aliphatic heterocycles. The van der Waals surface area contributed by atoms with Crippen LogP contribution in [0.5, 0.6) is 0 Å². The van der Waals surface area contributed by atoms with Crippen LogP contribution in [0.25, 0.3) is 0 Å². The van der Waals surface area contributed by atoms with Crippen LogP contribution in [0.1, 0.15) is 33.5 Å². The number of nitrogens with one attached hydrogen (secondary N) is 2. The maximum Gasteiger partial charge on any atom is 0.251 e. The summed E-state index contributed by atoms with van der Waals surface area (Å²) in [6.07, 6.45) is 2.72. The number of hydrogen-bond donors (Lipinski definition) is 2. The first kappa shape index (κ1) is 25.5. The van der Waals surface area contributed by atoms with Gasteiger partial charge in [-0.3, -0.25) is 9.59 Å². The maximum absolute atomic E-state index is 13.2. The fourth-order valence-corrected chi connectivity index (χ4v) is 7.81. The highest BCUT2D eigenvalue weighted by Crippen LogP contribution is 2.43. The summed E-state index contributed by atoms with van der Waals surface area (Å²) in [5.74, 6) is -0.230. The zero-order chi connectivity index (χ0) is 25.2. The van der Waals surface area contributed by atoms with Crippen molar-refractivity contribution in [2.45, 2.75) is 42.2 Å². The predicted molar refractivity (Wildman–Crippen MR) is 139 cm³/mol. The molecule has 2 saturated heterocycles. The van der Waals surface area contributed by atoms with E-state index >= 15 is 0 Å². The number of aryl methyl sites for hydroxylation is 2. The standard InChI is InChI=1S/C26H31N3O4S2/c1-4-24(30)28-25-14-21-15-29(16-23(21)34-25)35(32,33)22-9-7-20(8-10-22)26(31)27-12-11-19-6-5-17(2)18(3)13-19/h4-10,13,21,23,25H,1,11-12,14-16H2,2-3H3,(H,27,31)(H,28,30). The molecule has 2 fully saturated rings.